The van der Waals surface area contributed by atoms with Gasteiger partial charge >= 0.3 is 0 Å². The van der Waals surface area contributed by atoms with Gasteiger partial charge in [-0.1, -0.05) is 20.8 Å². The Labute approximate surface area is 90.8 Å². The largest absolute Gasteiger partial charge is 0.495 e. The van der Waals surface area contributed by atoms with E-state index < -0.39 is 0 Å². The Balaban J connectivity index is 3.12. The van der Waals surface area contributed by atoms with Crippen LogP contribution in [0.15, 0.2) is 18.3 Å². The molecule has 0 aliphatic heterocycles. The lowest BCUT2D eigenvalue weighted by Crippen LogP contribution is -2.37. The summed E-state index contributed by atoms with van der Waals surface area (Å²) in [5.74, 6) is 6.33. The standard InChI is InChI=1S/C11H19N3O/c1-11(2,3)10(14-12)9-8(15-4)6-5-7-13-9/h5-7,10,14H,12H2,1-4H3. The number of rotatable bonds is 3. The third kappa shape index (κ3) is 2.67. The van der Waals surface area contributed by atoms with Gasteiger partial charge in [0.15, 0.2) is 0 Å². The Morgan fingerprint density at radius 2 is 2.13 bits per heavy atom. The van der Waals surface area contributed by atoms with Crippen LogP contribution < -0.4 is 16.0 Å². The zero-order valence-electron chi connectivity index (χ0n) is 9.74. The van der Waals surface area contributed by atoms with Crippen molar-refractivity contribution >= 4 is 0 Å². The van der Waals surface area contributed by atoms with E-state index >= 15 is 0 Å². The lowest BCUT2D eigenvalue weighted by atomic mass is 9.84. The van der Waals surface area contributed by atoms with Gasteiger partial charge in [-0.05, 0) is 17.5 Å². The summed E-state index contributed by atoms with van der Waals surface area (Å²) in [6.07, 6.45) is 1.74. The second kappa shape index (κ2) is 4.59. The maximum atomic E-state index is 5.57. The Kier molecular flexibility index (Phi) is 3.66. The van der Waals surface area contributed by atoms with Gasteiger partial charge in [-0.15, -0.1) is 0 Å². The molecule has 0 saturated carbocycles. The molecule has 0 aliphatic carbocycles. The van der Waals surface area contributed by atoms with Crippen molar-refractivity contribution in [3.8, 4) is 5.75 Å². The van der Waals surface area contributed by atoms with Gasteiger partial charge in [0, 0.05) is 6.20 Å². The van der Waals surface area contributed by atoms with E-state index in [0.717, 1.165) is 11.4 Å². The minimum absolute atomic E-state index is 0.0175. The predicted octanol–water partition coefficient (Wildman–Crippen LogP) is 1.64. The highest BCUT2D eigenvalue weighted by atomic mass is 16.5. The fraction of sp³-hybridized carbons (Fsp3) is 0.545. The van der Waals surface area contributed by atoms with Crippen molar-refractivity contribution < 1.29 is 4.74 Å². The van der Waals surface area contributed by atoms with Gasteiger partial charge < -0.3 is 4.74 Å². The number of ether oxygens (including phenoxy) is 1. The number of aromatic nitrogens is 1. The van der Waals surface area contributed by atoms with E-state index in [-0.39, 0.29) is 11.5 Å². The Hall–Kier alpha value is -1.13. The SMILES string of the molecule is COc1cccnc1C(NN)C(C)(C)C. The van der Waals surface area contributed by atoms with Crippen molar-refractivity contribution in [1.29, 1.82) is 0 Å². The molecule has 4 nitrogen and oxygen atoms in total. The minimum Gasteiger partial charge on any atom is -0.495 e. The molecule has 1 aromatic heterocycles. The second-order valence-corrected chi connectivity index (χ2v) is 4.56. The van der Waals surface area contributed by atoms with Crippen LogP contribution in [0.4, 0.5) is 0 Å². The molecule has 1 unspecified atom stereocenters. The van der Waals surface area contributed by atoms with E-state index in [4.69, 9.17) is 10.6 Å². The third-order valence-electron chi connectivity index (χ3n) is 2.33. The number of methoxy groups -OCH3 is 1. The van der Waals surface area contributed by atoms with Gasteiger partial charge in [-0.2, -0.15) is 0 Å². The lowest BCUT2D eigenvalue weighted by Gasteiger charge is -2.30. The molecule has 0 amide bonds. The van der Waals surface area contributed by atoms with E-state index in [1.54, 1.807) is 13.3 Å². The smallest absolute Gasteiger partial charge is 0.142 e. The summed E-state index contributed by atoms with van der Waals surface area (Å²) in [5, 5.41) is 0. The molecule has 1 rings (SSSR count). The summed E-state index contributed by atoms with van der Waals surface area (Å²) < 4.78 is 5.27. The predicted molar refractivity (Wildman–Crippen MR) is 60.3 cm³/mol. The van der Waals surface area contributed by atoms with E-state index in [1.807, 2.05) is 12.1 Å². The van der Waals surface area contributed by atoms with Gasteiger partial charge in [0.05, 0.1) is 13.2 Å². The molecule has 15 heavy (non-hydrogen) atoms. The van der Waals surface area contributed by atoms with Gasteiger partial charge in [-0.25, -0.2) is 0 Å². The third-order valence-corrected chi connectivity index (χ3v) is 2.33. The summed E-state index contributed by atoms with van der Waals surface area (Å²) in [4.78, 5) is 4.32. The summed E-state index contributed by atoms with van der Waals surface area (Å²) in [6.45, 7) is 6.31. The first-order valence-electron chi connectivity index (χ1n) is 4.95. The maximum Gasteiger partial charge on any atom is 0.142 e. The molecule has 0 radical (unpaired) electrons. The van der Waals surface area contributed by atoms with Crippen LogP contribution in [0.5, 0.6) is 5.75 Å². The van der Waals surface area contributed by atoms with E-state index in [0.29, 0.717) is 0 Å². The van der Waals surface area contributed by atoms with Gasteiger partial charge in [0.25, 0.3) is 0 Å². The topological polar surface area (TPSA) is 60.2 Å². The molecule has 1 heterocycles. The molecule has 0 bridgehead atoms. The highest BCUT2D eigenvalue weighted by molar-refractivity contribution is 5.30. The number of nitrogens with one attached hydrogen (secondary N) is 1. The molecule has 0 aliphatic rings. The molecular formula is C11H19N3O. The Bertz CT molecular complexity index is 320. The number of nitrogens with zero attached hydrogens (tertiary/aromatic N) is 1. The van der Waals surface area contributed by atoms with E-state index in [1.165, 1.54) is 0 Å². The molecule has 0 fully saturated rings. The van der Waals surface area contributed by atoms with Crippen LogP contribution in [0.3, 0.4) is 0 Å². The highest BCUT2D eigenvalue weighted by Crippen LogP contribution is 2.35. The van der Waals surface area contributed by atoms with Gasteiger partial charge in [0.2, 0.25) is 0 Å². The molecular weight excluding hydrogens is 190 g/mol. The monoisotopic (exact) mass is 209 g/mol. The number of pyridine rings is 1. The van der Waals surface area contributed by atoms with Crippen LogP contribution in [0, 0.1) is 5.41 Å². The van der Waals surface area contributed by atoms with Crippen LogP contribution >= 0.6 is 0 Å². The van der Waals surface area contributed by atoms with Gasteiger partial charge in [0.1, 0.15) is 11.4 Å². The number of nitrogens with two attached hydrogens (primary N) is 1. The van der Waals surface area contributed by atoms with Crippen molar-refractivity contribution in [2.45, 2.75) is 26.8 Å². The van der Waals surface area contributed by atoms with Crippen LogP contribution in [-0.4, -0.2) is 12.1 Å². The first-order valence-corrected chi connectivity index (χ1v) is 4.95. The minimum atomic E-state index is -0.0337. The summed E-state index contributed by atoms with van der Waals surface area (Å²) in [6, 6.07) is 3.70. The van der Waals surface area contributed by atoms with Crippen LogP contribution in [0.25, 0.3) is 0 Å². The fourth-order valence-corrected chi connectivity index (χ4v) is 1.53. The molecule has 84 valence electrons. The maximum absolute atomic E-state index is 5.57. The van der Waals surface area contributed by atoms with Crippen molar-refractivity contribution in [2.75, 3.05) is 7.11 Å². The van der Waals surface area contributed by atoms with Crippen molar-refractivity contribution in [3.05, 3.63) is 24.0 Å². The summed E-state index contributed by atoms with van der Waals surface area (Å²) in [5.41, 5.74) is 3.62. The van der Waals surface area contributed by atoms with E-state index in [9.17, 15) is 0 Å². The van der Waals surface area contributed by atoms with Crippen LogP contribution in [0.1, 0.15) is 32.5 Å². The zero-order valence-corrected chi connectivity index (χ0v) is 9.74. The lowest BCUT2D eigenvalue weighted by molar-refractivity contribution is 0.261. The van der Waals surface area contributed by atoms with Gasteiger partial charge in [-0.3, -0.25) is 16.3 Å². The number of hydrazine groups is 1. The number of hydrogen-bond acceptors (Lipinski definition) is 4. The molecule has 1 atom stereocenters. The average molecular weight is 209 g/mol. The Morgan fingerprint density at radius 3 is 2.60 bits per heavy atom. The van der Waals surface area contributed by atoms with Crippen LogP contribution in [0.2, 0.25) is 0 Å². The van der Waals surface area contributed by atoms with Crippen molar-refractivity contribution in [3.63, 3.8) is 0 Å². The molecule has 4 heteroatoms. The van der Waals surface area contributed by atoms with E-state index in [2.05, 4.69) is 31.2 Å². The zero-order chi connectivity index (χ0) is 11.5. The van der Waals surface area contributed by atoms with Crippen LogP contribution in [-0.2, 0) is 0 Å². The van der Waals surface area contributed by atoms with Crippen molar-refractivity contribution in [2.24, 2.45) is 11.3 Å². The quantitative estimate of drug-likeness (QED) is 0.587. The average Bonchev–Trinajstić information content (AvgIpc) is 2.17. The molecule has 0 spiro atoms. The number of hydrogen-bond donors (Lipinski definition) is 2. The first kappa shape index (κ1) is 11.9. The normalized spacial score (nSPS) is 13.7. The summed E-state index contributed by atoms with van der Waals surface area (Å²) in [7, 11) is 1.64. The highest BCUT2D eigenvalue weighted by Gasteiger charge is 2.28. The molecule has 0 saturated heterocycles. The first-order chi connectivity index (χ1) is 7.00. The summed E-state index contributed by atoms with van der Waals surface area (Å²) >= 11 is 0. The fourth-order valence-electron chi connectivity index (χ4n) is 1.53. The second-order valence-electron chi connectivity index (χ2n) is 4.56. The van der Waals surface area contributed by atoms with Crippen molar-refractivity contribution in [1.82, 2.24) is 10.4 Å². The molecule has 0 aromatic carbocycles. The molecule has 1 aromatic rings. The molecule has 3 N–H and O–H groups in total. The Morgan fingerprint density at radius 1 is 1.47 bits per heavy atom.